The summed E-state index contributed by atoms with van der Waals surface area (Å²) in [7, 11) is 0. The second-order valence-corrected chi connectivity index (χ2v) is 4.30. The van der Waals surface area contributed by atoms with Gasteiger partial charge < -0.3 is 15.3 Å². The van der Waals surface area contributed by atoms with Crippen LogP contribution in [0.3, 0.4) is 0 Å². The number of nitrogens with one attached hydrogen (secondary N) is 1. The second kappa shape index (κ2) is 5.52. The second-order valence-electron chi connectivity index (χ2n) is 4.30. The Morgan fingerprint density at radius 3 is 2.72 bits per heavy atom. The molecule has 0 spiro atoms. The molecule has 0 aromatic carbocycles. The monoisotopic (exact) mass is 252 g/mol. The van der Waals surface area contributed by atoms with Gasteiger partial charge in [0.15, 0.2) is 0 Å². The molecule has 98 valence electrons. The van der Waals surface area contributed by atoms with Crippen molar-refractivity contribution in [1.82, 2.24) is 14.7 Å². The van der Waals surface area contributed by atoms with Gasteiger partial charge in [0, 0.05) is 19.3 Å². The highest BCUT2D eigenvalue weighted by atomic mass is 16.4. The number of urea groups is 1. The Kier molecular flexibility index (Phi) is 3.81. The standard InChI is InChI=1S/C11H16N4O3/c16-10(17)8-15-7-9(6-12-15)13-11(18)14-4-2-1-3-5-14/h6-7H,1-5,8H2,(H,13,18)(H,16,17). The van der Waals surface area contributed by atoms with Crippen LogP contribution < -0.4 is 5.32 Å². The molecule has 0 unspecified atom stereocenters. The topological polar surface area (TPSA) is 87.5 Å². The average Bonchev–Trinajstić information content (AvgIpc) is 2.76. The van der Waals surface area contributed by atoms with Crippen molar-refractivity contribution in [2.45, 2.75) is 25.8 Å². The zero-order valence-electron chi connectivity index (χ0n) is 10.0. The molecule has 1 aromatic heterocycles. The van der Waals surface area contributed by atoms with Crippen LogP contribution in [0.4, 0.5) is 10.5 Å². The fraction of sp³-hybridized carbons (Fsp3) is 0.545. The van der Waals surface area contributed by atoms with Gasteiger partial charge in [-0.25, -0.2) is 4.79 Å². The number of anilines is 1. The van der Waals surface area contributed by atoms with Crippen molar-refractivity contribution in [3.8, 4) is 0 Å². The summed E-state index contributed by atoms with van der Waals surface area (Å²) in [6.07, 6.45) is 6.19. The molecule has 2 rings (SSSR count). The SMILES string of the molecule is O=C(O)Cn1cc(NC(=O)N2CCCCC2)cn1. The number of hydrogen-bond acceptors (Lipinski definition) is 3. The Bertz CT molecular complexity index is 437. The van der Waals surface area contributed by atoms with E-state index in [9.17, 15) is 9.59 Å². The predicted octanol–water partition coefficient (Wildman–Crippen LogP) is 0.986. The molecule has 0 atom stereocenters. The maximum absolute atomic E-state index is 11.9. The molecule has 1 aliphatic rings. The van der Waals surface area contributed by atoms with Crippen molar-refractivity contribution in [1.29, 1.82) is 0 Å². The first-order valence-corrected chi connectivity index (χ1v) is 5.95. The maximum atomic E-state index is 11.9. The number of rotatable bonds is 3. The zero-order chi connectivity index (χ0) is 13.0. The largest absolute Gasteiger partial charge is 0.480 e. The molecule has 2 N–H and O–H groups in total. The van der Waals surface area contributed by atoms with Crippen LogP contribution in [-0.4, -0.2) is 44.9 Å². The van der Waals surface area contributed by atoms with E-state index in [1.807, 2.05) is 0 Å². The normalized spacial score (nSPS) is 15.4. The molecular weight excluding hydrogens is 236 g/mol. The van der Waals surface area contributed by atoms with E-state index < -0.39 is 5.97 Å². The van der Waals surface area contributed by atoms with Crippen molar-refractivity contribution >= 4 is 17.7 Å². The lowest BCUT2D eigenvalue weighted by Crippen LogP contribution is -2.38. The molecule has 7 nitrogen and oxygen atoms in total. The number of nitrogens with zero attached hydrogens (tertiary/aromatic N) is 3. The summed E-state index contributed by atoms with van der Waals surface area (Å²) in [4.78, 5) is 24.1. The van der Waals surface area contributed by atoms with Gasteiger partial charge in [-0.3, -0.25) is 9.48 Å². The van der Waals surface area contributed by atoms with E-state index in [1.165, 1.54) is 23.5 Å². The van der Waals surface area contributed by atoms with E-state index >= 15 is 0 Å². The lowest BCUT2D eigenvalue weighted by Gasteiger charge is -2.26. The van der Waals surface area contributed by atoms with Gasteiger partial charge in [0.25, 0.3) is 0 Å². The van der Waals surface area contributed by atoms with Gasteiger partial charge in [-0.2, -0.15) is 5.10 Å². The first-order chi connectivity index (χ1) is 8.65. The number of aromatic nitrogens is 2. The number of likely N-dealkylation sites (tertiary alicyclic amines) is 1. The fourth-order valence-electron chi connectivity index (χ4n) is 1.95. The molecule has 1 saturated heterocycles. The summed E-state index contributed by atoms with van der Waals surface area (Å²) in [5.41, 5.74) is 0.520. The number of carbonyl (C=O) groups excluding carboxylic acids is 1. The minimum Gasteiger partial charge on any atom is -0.480 e. The summed E-state index contributed by atoms with van der Waals surface area (Å²) in [5, 5.41) is 15.2. The van der Waals surface area contributed by atoms with Gasteiger partial charge in [-0.15, -0.1) is 0 Å². The molecule has 0 saturated carbocycles. The third-order valence-corrected chi connectivity index (χ3v) is 2.83. The minimum atomic E-state index is -0.966. The van der Waals surface area contributed by atoms with Crippen molar-refractivity contribution < 1.29 is 14.7 Å². The molecule has 2 heterocycles. The van der Waals surface area contributed by atoms with Crippen LogP contribution in [-0.2, 0) is 11.3 Å². The fourth-order valence-corrected chi connectivity index (χ4v) is 1.95. The Morgan fingerprint density at radius 1 is 1.33 bits per heavy atom. The number of carbonyl (C=O) groups is 2. The molecular formula is C11H16N4O3. The molecule has 18 heavy (non-hydrogen) atoms. The lowest BCUT2D eigenvalue weighted by atomic mass is 10.1. The van der Waals surface area contributed by atoms with Crippen molar-refractivity contribution in [3.05, 3.63) is 12.4 Å². The number of amides is 2. The van der Waals surface area contributed by atoms with Crippen molar-refractivity contribution in [2.75, 3.05) is 18.4 Å². The number of aliphatic carboxylic acids is 1. The van der Waals surface area contributed by atoms with Gasteiger partial charge in [0.1, 0.15) is 6.54 Å². The Morgan fingerprint density at radius 2 is 2.06 bits per heavy atom. The van der Waals surface area contributed by atoms with Gasteiger partial charge >= 0.3 is 12.0 Å². The van der Waals surface area contributed by atoms with E-state index in [0.717, 1.165) is 25.9 Å². The molecule has 1 aliphatic heterocycles. The third kappa shape index (κ3) is 3.22. The van der Waals surface area contributed by atoms with E-state index in [4.69, 9.17) is 5.11 Å². The van der Waals surface area contributed by atoms with Crippen LogP contribution in [0.1, 0.15) is 19.3 Å². The van der Waals surface area contributed by atoms with Gasteiger partial charge in [-0.05, 0) is 19.3 Å². The summed E-state index contributed by atoms with van der Waals surface area (Å²) >= 11 is 0. The average molecular weight is 252 g/mol. The number of carboxylic acid groups (broad SMARTS) is 1. The van der Waals surface area contributed by atoms with E-state index in [0.29, 0.717) is 5.69 Å². The number of hydrogen-bond donors (Lipinski definition) is 2. The predicted molar refractivity (Wildman–Crippen MR) is 64.3 cm³/mol. The molecule has 0 radical (unpaired) electrons. The molecule has 1 aromatic rings. The van der Waals surface area contributed by atoms with Crippen LogP contribution in [0.15, 0.2) is 12.4 Å². The third-order valence-electron chi connectivity index (χ3n) is 2.83. The van der Waals surface area contributed by atoms with Crippen molar-refractivity contribution in [2.24, 2.45) is 0 Å². The van der Waals surface area contributed by atoms with Crippen LogP contribution in [0.5, 0.6) is 0 Å². The first-order valence-electron chi connectivity index (χ1n) is 5.95. The summed E-state index contributed by atoms with van der Waals surface area (Å²) in [6.45, 7) is 1.34. The Balaban J connectivity index is 1.90. The Hall–Kier alpha value is -2.05. The Labute approximate surface area is 104 Å². The van der Waals surface area contributed by atoms with E-state index in [1.54, 1.807) is 4.90 Å². The molecule has 2 amide bonds. The van der Waals surface area contributed by atoms with Gasteiger partial charge in [0.2, 0.25) is 0 Å². The summed E-state index contributed by atoms with van der Waals surface area (Å²) < 4.78 is 1.27. The zero-order valence-corrected chi connectivity index (χ0v) is 10.0. The van der Waals surface area contributed by atoms with Crippen LogP contribution in [0.2, 0.25) is 0 Å². The van der Waals surface area contributed by atoms with Crippen LogP contribution in [0.25, 0.3) is 0 Å². The molecule has 1 fully saturated rings. The van der Waals surface area contributed by atoms with Crippen molar-refractivity contribution in [3.63, 3.8) is 0 Å². The highest BCUT2D eigenvalue weighted by Crippen LogP contribution is 2.11. The van der Waals surface area contributed by atoms with E-state index in [-0.39, 0.29) is 12.6 Å². The van der Waals surface area contributed by atoms with Crippen LogP contribution in [0, 0.1) is 0 Å². The highest BCUT2D eigenvalue weighted by Gasteiger charge is 2.16. The smallest absolute Gasteiger partial charge is 0.325 e. The number of carboxylic acids is 1. The van der Waals surface area contributed by atoms with Gasteiger partial charge in [0.05, 0.1) is 11.9 Å². The van der Waals surface area contributed by atoms with E-state index in [2.05, 4.69) is 10.4 Å². The highest BCUT2D eigenvalue weighted by molar-refractivity contribution is 5.89. The molecule has 0 aliphatic carbocycles. The summed E-state index contributed by atoms with van der Waals surface area (Å²) in [6, 6.07) is -0.149. The molecule has 0 bridgehead atoms. The quantitative estimate of drug-likeness (QED) is 0.839. The van der Waals surface area contributed by atoms with Crippen LogP contribution >= 0.6 is 0 Å². The lowest BCUT2D eigenvalue weighted by molar-refractivity contribution is -0.137. The molecule has 7 heteroatoms. The van der Waals surface area contributed by atoms with Gasteiger partial charge in [-0.1, -0.05) is 0 Å². The number of piperidine rings is 1. The first kappa shape index (κ1) is 12.4. The summed E-state index contributed by atoms with van der Waals surface area (Å²) in [5.74, 6) is -0.966. The minimum absolute atomic E-state index is 0.149. The maximum Gasteiger partial charge on any atom is 0.325 e.